The molecule has 0 spiro atoms. The minimum atomic E-state index is 0.169. The molecule has 0 radical (unpaired) electrons. The van der Waals surface area contributed by atoms with Crippen molar-refractivity contribution < 1.29 is 14.3 Å². The fourth-order valence-corrected chi connectivity index (χ4v) is 2.76. The highest BCUT2D eigenvalue weighted by Gasteiger charge is 2.18. The molecule has 6 heteroatoms. The molecule has 1 aliphatic heterocycles. The number of halogens is 1. The van der Waals surface area contributed by atoms with Gasteiger partial charge in [0.25, 0.3) is 0 Å². The van der Waals surface area contributed by atoms with Gasteiger partial charge in [-0.3, -0.25) is 4.79 Å². The first-order valence-electron chi connectivity index (χ1n) is 7.05. The molecule has 1 N–H and O–H groups in total. The molecule has 1 fully saturated rings. The monoisotopic (exact) mass is 312 g/mol. The summed E-state index contributed by atoms with van der Waals surface area (Å²) in [6.07, 6.45) is 1.05. The van der Waals surface area contributed by atoms with E-state index in [9.17, 15) is 4.79 Å². The predicted octanol–water partition coefficient (Wildman–Crippen LogP) is 1.72. The number of ether oxygens (including phenoxy) is 2. The Morgan fingerprint density at radius 2 is 2.00 bits per heavy atom. The Balaban J connectivity index is 2.01. The van der Waals surface area contributed by atoms with E-state index in [1.807, 2.05) is 17.0 Å². The second-order valence-electron chi connectivity index (χ2n) is 4.90. The maximum atomic E-state index is 12.2. The normalized spacial score (nSPS) is 14.9. The Kier molecular flexibility index (Phi) is 5.70. The number of benzene rings is 1. The topological polar surface area (TPSA) is 50.8 Å². The van der Waals surface area contributed by atoms with Gasteiger partial charge < -0.3 is 19.7 Å². The minimum absolute atomic E-state index is 0.169. The third kappa shape index (κ3) is 3.80. The molecular formula is C15H21ClN2O3. The number of aryl methyl sites for hydroxylation is 1. The zero-order valence-electron chi connectivity index (χ0n) is 12.4. The van der Waals surface area contributed by atoms with E-state index >= 15 is 0 Å². The van der Waals surface area contributed by atoms with Gasteiger partial charge in [0, 0.05) is 32.6 Å². The van der Waals surface area contributed by atoms with Crippen LogP contribution < -0.4 is 14.8 Å². The maximum Gasteiger partial charge on any atom is 0.222 e. The number of methoxy groups -OCH3 is 2. The SMILES string of the molecule is COc1ccc(CCC(=O)N2CCNCC2)c(Cl)c1OC. The largest absolute Gasteiger partial charge is 0.493 e. The van der Waals surface area contributed by atoms with Crippen molar-refractivity contribution in [1.82, 2.24) is 10.2 Å². The first-order chi connectivity index (χ1) is 10.2. The predicted molar refractivity (Wildman–Crippen MR) is 82.3 cm³/mol. The molecule has 2 rings (SSSR count). The van der Waals surface area contributed by atoms with E-state index in [0.717, 1.165) is 31.7 Å². The van der Waals surface area contributed by atoms with Crippen molar-refractivity contribution in [2.75, 3.05) is 40.4 Å². The molecule has 0 unspecified atom stereocenters. The van der Waals surface area contributed by atoms with E-state index in [0.29, 0.717) is 29.4 Å². The van der Waals surface area contributed by atoms with E-state index in [1.54, 1.807) is 14.2 Å². The summed E-state index contributed by atoms with van der Waals surface area (Å²) in [7, 11) is 3.13. The average Bonchev–Trinajstić information content (AvgIpc) is 2.53. The molecule has 1 aliphatic rings. The van der Waals surface area contributed by atoms with E-state index in [4.69, 9.17) is 21.1 Å². The van der Waals surface area contributed by atoms with Gasteiger partial charge in [-0.05, 0) is 18.1 Å². The molecule has 116 valence electrons. The first kappa shape index (κ1) is 15.9. The van der Waals surface area contributed by atoms with Crippen LogP contribution in [0.1, 0.15) is 12.0 Å². The number of piperazine rings is 1. The van der Waals surface area contributed by atoms with Gasteiger partial charge in [-0.25, -0.2) is 0 Å². The Labute approximate surface area is 130 Å². The Bertz CT molecular complexity index is 502. The van der Waals surface area contributed by atoms with Gasteiger partial charge >= 0.3 is 0 Å². The van der Waals surface area contributed by atoms with Gasteiger partial charge in [-0.1, -0.05) is 17.7 Å². The van der Waals surface area contributed by atoms with E-state index in [-0.39, 0.29) is 5.91 Å². The van der Waals surface area contributed by atoms with Gasteiger partial charge in [-0.2, -0.15) is 0 Å². The van der Waals surface area contributed by atoms with Crippen molar-refractivity contribution in [2.45, 2.75) is 12.8 Å². The lowest BCUT2D eigenvalue weighted by Crippen LogP contribution is -2.46. The lowest BCUT2D eigenvalue weighted by molar-refractivity contribution is -0.131. The van der Waals surface area contributed by atoms with Crippen molar-refractivity contribution in [3.05, 3.63) is 22.7 Å². The lowest BCUT2D eigenvalue weighted by atomic mass is 10.1. The number of rotatable bonds is 5. The summed E-state index contributed by atoms with van der Waals surface area (Å²) < 4.78 is 10.5. The highest BCUT2D eigenvalue weighted by atomic mass is 35.5. The highest BCUT2D eigenvalue weighted by molar-refractivity contribution is 6.33. The molecule has 0 aromatic heterocycles. The van der Waals surface area contributed by atoms with E-state index in [1.165, 1.54) is 0 Å². The van der Waals surface area contributed by atoms with Crippen molar-refractivity contribution in [2.24, 2.45) is 0 Å². The number of carbonyl (C=O) groups excluding carboxylic acids is 1. The van der Waals surface area contributed by atoms with Crippen molar-refractivity contribution in [3.63, 3.8) is 0 Å². The Morgan fingerprint density at radius 1 is 1.29 bits per heavy atom. The summed E-state index contributed by atoms with van der Waals surface area (Å²) in [6.45, 7) is 3.28. The quantitative estimate of drug-likeness (QED) is 0.899. The zero-order valence-corrected chi connectivity index (χ0v) is 13.2. The van der Waals surface area contributed by atoms with Gasteiger partial charge in [0.15, 0.2) is 11.5 Å². The Hall–Kier alpha value is -1.46. The standard InChI is InChI=1S/C15H21ClN2O3/c1-20-12-5-3-11(14(16)15(12)21-2)4-6-13(19)18-9-7-17-8-10-18/h3,5,17H,4,6-10H2,1-2H3. The minimum Gasteiger partial charge on any atom is -0.493 e. The van der Waals surface area contributed by atoms with Gasteiger partial charge in [0.2, 0.25) is 5.91 Å². The van der Waals surface area contributed by atoms with Crippen molar-refractivity contribution >= 4 is 17.5 Å². The second-order valence-corrected chi connectivity index (χ2v) is 5.28. The summed E-state index contributed by atoms with van der Waals surface area (Å²) in [5, 5.41) is 3.75. The van der Waals surface area contributed by atoms with Crippen LogP contribution in [0.3, 0.4) is 0 Å². The third-order valence-corrected chi connectivity index (χ3v) is 4.06. The molecule has 0 bridgehead atoms. The van der Waals surface area contributed by atoms with Crippen LogP contribution in [0.2, 0.25) is 5.02 Å². The number of hydrogen-bond acceptors (Lipinski definition) is 4. The number of hydrogen-bond donors (Lipinski definition) is 1. The summed E-state index contributed by atoms with van der Waals surface area (Å²) in [6, 6.07) is 3.70. The van der Waals surface area contributed by atoms with Crippen LogP contribution in [-0.4, -0.2) is 51.2 Å². The van der Waals surface area contributed by atoms with Gasteiger partial charge in [0.05, 0.1) is 19.2 Å². The van der Waals surface area contributed by atoms with Crippen LogP contribution in [0.4, 0.5) is 0 Å². The molecule has 1 aromatic carbocycles. The maximum absolute atomic E-state index is 12.2. The number of nitrogens with one attached hydrogen (secondary N) is 1. The van der Waals surface area contributed by atoms with Crippen LogP contribution in [0.5, 0.6) is 11.5 Å². The molecule has 5 nitrogen and oxygen atoms in total. The fraction of sp³-hybridized carbons (Fsp3) is 0.533. The van der Waals surface area contributed by atoms with Crippen LogP contribution in [-0.2, 0) is 11.2 Å². The van der Waals surface area contributed by atoms with Crippen LogP contribution in [0, 0.1) is 0 Å². The molecule has 0 aliphatic carbocycles. The van der Waals surface area contributed by atoms with E-state index < -0.39 is 0 Å². The smallest absolute Gasteiger partial charge is 0.222 e. The summed E-state index contributed by atoms with van der Waals surface area (Å²) in [4.78, 5) is 14.1. The molecule has 1 saturated heterocycles. The summed E-state index contributed by atoms with van der Waals surface area (Å²) in [5.41, 5.74) is 0.901. The van der Waals surface area contributed by atoms with Crippen LogP contribution in [0.15, 0.2) is 12.1 Å². The molecule has 1 heterocycles. The number of carbonyl (C=O) groups is 1. The average molecular weight is 313 g/mol. The molecule has 0 saturated carbocycles. The second kappa shape index (κ2) is 7.52. The highest BCUT2D eigenvalue weighted by Crippen LogP contribution is 2.37. The fourth-order valence-electron chi connectivity index (χ4n) is 2.44. The Morgan fingerprint density at radius 3 is 2.62 bits per heavy atom. The molecular weight excluding hydrogens is 292 g/mol. The van der Waals surface area contributed by atoms with Crippen LogP contribution in [0.25, 0.3) is 0 Å². The first-order valence-corrected chi connectivity index (χ1v) is 7.43. The van der Waals surface area contributed by atoms with Gasteiger partial charge in [-0.15, -0.1) is 0 Å². The van der Waals surface area contributed by atoms with Gasteiger partial charge in [0.1, 0.15) is 0 Å². The summed E-state index contributed by atoms with van der Waals surface area (Å²) >= 11 is 6.32. The van der Waals surface area contributed by atoms with E-state index in [2.05, 4.69) is 5.32 Å². The van der Waals surface area contributed by atoms with Crippen molar-refractivity contribution in [3.8, 4) is 11.5 Å². The number of amides is 1. The zero-order chi connectivity index (χ0) is 15.2. The molecule has 1 amide bonds. The molecule has 0 atom stereocenters. The molecule has 1 aromatic rings. The summed E-state index contributed by atoms with van der Waals surface area (Å²) in [5.74, 6) is 1.29. The number of nitrogens with zero attached hydrogens (tertiary/aromatic N) is 1. The van der Waals surface area contributed by atoms with Crippen molar-refractivity contribution in [1.29, 1.82) is 0 Å². The molecule has 21 heavy (non-hydrogen) atoms. The lowest BCUT2D eigenvalue weighted by Gasteiger charge is -2.27. The third-order valence-electron chi connectivity index (χ3n) is 3.64. The van der Waals surface area contributed by atoms with Crippen LogP contribution >= 0.6 is 11.6 Å².